The first-order valence-electron chi connectivity index (χ1n) is 9.23. The van der Waals surface area contributed by atoms with Gasteiger partial charge < -0.3 is 14.5 Å². The summed E-state index contributed by atoms with van der Waals surface area (Å²) in [7, 11) is 0. The third-order valence-corrected chi connectivity index (χ3v) is 4.97. The second-order valence-electron chi connectivity index (χ2n) is 6.63. The molecule has 1 aliphatic carbocycles. The van der Waals surface area contributed by atoms with Crippen LogP contribution in [-0.4, -0.2) is 58.8 Å². The van der Waals surface area contributed by atoms with Crippen molar-refractivity contribution in [3.8, 4) is 5.88 Å². The lowest BCUT2D eigenvalue weighted by Crippen LogP contribution is -2.49. The van der Waals surface area contributed by atoms with E-state index in [1.165, 1.54) is 12.0 Å². The Balaban J connectivity index is 1.37. The van der Waals surface area contributed by atoms with E-state index in [4.69, 9.17) is 4.74 Å². The summed E-state index contributed by atoms with van der Waals surface area (Å²) in [6.45, 7) is 5.35. The van der Waals surface area contributed by atoms with Gasteiger partial charge in [0.05, 0.1) is 17.9 Å². The van der Waals surface area contributed by atoms with Crippen molar-refractivity contribution >= 4 is 11.7 Å². The fourth-order valence-corrected chi connectivity index (χ4v) is 3.53. The van der Waals surface area contributed by atoms with Crippen molar-refractivity contribution < 1.29 is 9.53 Å². The second kappa shape index (κ2) is 7.27. The van der Waals surface area contributed by atoms with E-state index in [0.29, 0.717) is 31.1 Å². The first-order chi connectivity index (χ1) is 12.7. The highest BCUT2D eigenvalue weighted by Crippen LogP contribution is 2.23. The highest BCUT2D eigenvalue weighted by Gasteiger charge is 2.24. The van der Waals surface area contributed by atoms with E-state index in [1.54, 1.807) is 18.3 Å². The van der Waals surface area contributed by atoms with Gasteiger partial charge in [0, 0.05) is 38.4 Å². The molecule has 2 aliphatic rings. The Kier molecular flexibility index (Phi) is 4.69. The van der Waals surface area contributed by atoms with E-state index in [0.717, 1.165) is 37.4 Å². The fraction of sp³-hybridized carbons (Fsp3) is 0.474. The zero-order valence-electron chi connectivity index (χ0n) is 15.0. The topological polar surface area (TPSA) is 71.5 Å². The van der Waals surface area contributed by atoms with Gasteiger partial charge in [0.15, 0.2) is 5.82 Å². The number of anilines is 1. The quantitative estimate of drug-likeness (QED) is 0.833. The first-order valence-corrected chi connectivity index (χ1v) is 9.23. The number of carbonyl (C=O) groups is 1. The van der Waals surface area contributed by atoms with Crippen molar-refractivity contribution in [3.05, 3.63) is 41.2 Å². The summed E-state index contributed by atoms with van der Waals surface area (Å²) in [6.07, 6.45) is 4.90. The number of ether oxygens (including phenoxy) is 1. The molecule has 0 bridgehead atoms. The molecule has 2 aromatic rings. The molecule has 0 saturated carbocycles. The third-order valence-electron chi connectivity index (χ3n) is 4.97. The largest absolute Gasteiger partial charge is 0.478 e. The standard InChI is InChI=1S/C19H23N5O2/c1-2-26-18-7-6-15(13-20-18)19(25)24-10-8-23(9-11-24)17-12-14-4-3-5-16(14)21-22-17/h6-7,12-13H,2-5,8-11H2,1H3. The van der Waals surface area contributed by atoms with E-state index in [9.17, 15) is 4.79 Å². The molecule has 0 atom stereocenters. The monoisotopic (exact) mass is 353 g/mol. The maximum Gasteiger partial charge on any atom is 0.255 e. The lowest BCUT2D eigenvalue weighted by Gasteiger charge is -2.35. The average molecular weight is 353 g/mol. The Labute approximate surface area is 153 Å². The molecule has 0 aromatic carbocycles. The van der Waals surface area contributed by atoms with Crippen LogP contribution in [0.15, 0.2) is 24.4 Å². The van der Waals surface area contributed by atoms with Gasteiger partial charge in [-0.15, -0.1) is 5.10 Å². The summed E-state index contributed by atoms with van der Waals surface area (Å²) >= 11 is 0. The number of rotatable bonds is 4. The minimum absolute atomic E-state index is 0.0141. The summed E-state index contributed by atoms with van der Waals surface area (Å²) in [5.41, 5.74) is 3.07. The number of aromatic nitrogens is 3. The Hall–Kier alpha value is -2.70. The number of hydrogen-bond donors (Lipinski definition) is 0. The molecule has 1 aliphatic heterocycles. The predicted molar refractivity (Wildman–Crippen MR) is 97.6 cm³/mol. The van der Waals surface area contributed by atoms with Crippen LogP contribution in [0.4, 0.5) is 5.82 Å². The zero-order valence-corrected chi connectivity index (χ0v) is 15.0. The Morgan fingerprint density at radius 3 is 2.73 bits per heavy atom. The summed E-state index contributed by atoms with van der Waals surface area (Å²) in [6, 6.07) is 5.69. The number of carbonyl (C=O) groups excluding carboxylic acids is 1. The molecular weight excluding hydrogens is 330 g/mol. The van der Waals surface area contributed by atoms with Crippen LogP contribution in [0.25, 0.3) is 0 Å². The number of hydrogen-bond acceptors (Lipinski definition) is 6. The molecule has 2 aromatic heterocycles. The Bertz CT molecular complexity index is 785. The van der Waals surface area contributed by atoms with Crippen molar-refractivity contribution in [2.45, 2.75) is 26.2 Å². The SMILES string of the molecule is CCOc1ccc(C(=O)N2CCN(c3cc4c(nn3)CCC4)CC2)cn1. The van der Waals surface area contributed by atoms with Crippen LogP contribution in [0.5, 0.6) is 5.88 Å². The number of amides is 1. The second-order valence-corrected chi connectivity index (χ2v) is 6.63. The molecule has 0 spiro atoms. The van der Waals surface area contributed by atoms with Crippen molar-refractivity contribution in [1.29, 1.82) is 0 Å². The van der Waals surface area contributed by atoms with E-state index < -0.39 is 0 Å². The molecule has 0 radical (unpaired) electrons. The molecule has 3 heterocycles. The fourth-order valence-electron chi connectivity index (χ4n) is 3.53. The molecule has 1 amide bonds. The van der Waals surface area contributed by atoms with Crippen LogP contribution >= 0.6 is 0 Å². The zero-order chi connectivity index (χ0) is 17.9. The van der Waals surface area contributed by atoms with Gasteiger partial charge >= 0.3 is 0 Å². The van der Waals surface area contributed by atoms with Crippen molar-refractivity contribution in [2.75, 3.05) is 37.7 Å². The molecule has 4 rings (SSSR count). The Morgan fingerprint density at radius 1 is 1.15 bits per heavy atom. The van der Waals surface area contributed by atoms with Gasteiger partial charge in [-0.3, -0.25) is 4.79 Å². The van der Waals surface area contributed by atoms with Gasteiger partial charge in [0.25, 0.3) is 5.91 Å². The molecule has 0 unspecified atom stereocenters. The first kappa shape index (κ1) is 16.8. The van der Waals surface area contributed by atoms with Crippen LogP contribution in [0.1, 0.15) is 35.0 Å². The van der Waals surface area contributed by atoms with Crippen molar-refractivity contribution in [3.63, 3.8) is 0 Å². The van der Waals surface area contributed by atoms with Gasteiger partial charge in [-0.1, -0.05) is 0 Å². The summed E-state index contributed by atoms with van der Waals surface area (Å²) < 4.78 is 5.33. The van der Waals surface area contributed by atoms with Gasteiger partial charge in [0.2, 0.25) is 5.88 Å². The van der Waals surface area contributed by atoms with Crippen molar-refractivity contribution in [1.82, 2.24) is 20.1 Å². The van der Waals surface area contributed by atoms with Gasteiger partial charge in [-0.25, -0.2) is 4.98 Å². The highest BCUT2D eigenvalue weighted by molar-refractivity contribution is 5.94. The number of fused-ring (bicyclic) bond motifs is 1. The van der Waals surface area contributed by atoms with E-state index >= 15 is 0 Å². The Morgan fingerprint density at radius 2 is 2.00 bits per heavy atom. The molecule has 1 saturated heterocycles. The predicted octanol–water partition coefficient (Wildman–Crippen LogP) is 1.72. The van der Waals surface area contributed by atoms with Crippen LogP contribution in [0.2, 0.25) is 0 Å². The minimum Gasteiger partial charge on any atom is -0.478 e. The summed E-state index contributed by atoms with van der Waals surface area (Å²) in [5.74, 6) is 1.49. The van der Waals surface area contributed by atoms with Crippen LogP contribution in [-0.2, 0) is 12.8 Å². The van der Waals surface area contributed by atoms with Gasteiger partial charge in [-0.05, 0) is 43.9 Å². The van der Waals surface area contributed by atoms with Crippen LogP contribution < -0.4 is 9.64 Å². The van der Waals surface area contributed by atoms with E-state index in [2.05, 4.69) is 26.1 Å². The summed E-state index contributed by atoms with van der Waals surface area (Å²) in [5, 5.41) is 8.74. The normalized spacial score (nSPS) is 16.5. The molecule has 7 heteroatoms. The van der Waals surface area contributed by atoms with Crippen LogP contribution in [0.3, 0.4) is 0 Å². The third kappa shape index (κ3) is 3.34. The molecule has 0 N–H and O–H groups in total. The highest BCUT2D eigenvalue weighted by atomic mass is 16.5. The van der Waals surface area contributed by atoms with E-state index in [-0.39, 0.29) is 5.91 Å². The molecule has 7 nitrogen and oxygen atoms in total. The minimum atomic E-state index is 0.0141. The molecule has 26 heavy (non-hydrogen) atoms. The molecule has 1 fully saturated rings. The van der Waals surface area contributed by atoms with E-state index in [1.807, 2.05) is 11.8 Å². The van der Waals surface area contributed by atoms with Gasteiger partial charge in [0.1, 0.15) is 0 Å². The maximum absolute atomic E-state index is 12.7. The lowest BCUT2D eigenvalue weighted by atomic mass is 10.2. The number of aryl methyl sites for hydroxylation is 2. The molecule has 136 valence electrons. The summed E-state index contributed by atoms with van der Waals surface area (Å²) in [4.78, 5) is 20.9. The smallest absolute Gasteiger partial charge is 0.255 e. The maximum atomic E-state index is 12.7. The number of piperazine rings is 1. The van der Waals surface area contributed by atoms with Crippen molar-refractivity contribution in [2.24, 2.45) is 0 Å². The van der Waals surface area contributed by atoms with Crippen LogP contribution in [0, 0.1) is 0 Å². The number of pyridine rings is 1. The number of nitrogens with zero attached hydrogens (tertiary/aromatic N) is 5. The van der Waals surface area contributed by atoms with Gasteiger partial charge in [-0.2, -0.15) is 5.10 Å². The lowest BCUT2D eigenvalue weighted by molar-refractivity contribution is 0.0746. The average Bonchev–Trinajstić information content (AvgIpc) is 3.16. The molecular formula is C19H23N5O2.